The third kappa shape index (κ3) is 10.9. The van der Waals surface area contributed by atoms with Gasteiger partial charge in [-0.1, -0.05) is 66.0 Å². The predicted octanol–water partition coefficient (Wildman–Crippen LogP) is 9.89. The molecule has 292 valence electrons. The molecule has 4 rings (SSSR count). The van der Waals surface area contributed by atoms with Gasteiger partial charge in [-0.05, 0) is 137 Å². The van der Waals surface area contributed by atoms with Gasteiger partial charge < -0.3 is 21.1 Å². The minimum atomic E-state index is -0.151. The Labute approximate surface area is 319 Å². The van der Waals surface area contributed by atoms with Crippen molar-refractivity contribution in [3.05, 3.63) is 11.6 Å². The Morgan fingerprint density at radius 3 is 2.14 bits per heavy atom. The van der Waals surface area contributed by atoms with Gasteiger partial charge in [-0.25, -0.2) is 0 Å². The zero-order chi connectivity index (χ0) is 35.2. The van der Waals surface area contributed by atoms with Crippen LogP contribution in [0.1, 0.15) is 158 Å². The van der Waals surface area contributed by atoms with Crippen LogP contribution in [0, 0.1) is 52.3 Å². The van der Waals surface area contributed by atoms with E-state index in [0.717, 1.165) is 73.5 Å². The number of allylic oxidation sites excluding steroid dienone is 1. The number of carbonyl (C=O) groups is 2. The van der Waals surface area contributed by atoms with E-state index in [0.29, 0.717) is 37.8 Å². The smallest absolute Gasteiger partial charge is 0.306 e. The van der Waals surface area contributed by atoms with E-state index in [-0.39, 0.29) is 60.3 Å². The predicted molar refractivity (Wildman–Crippen MR) is 214 cm³/mol. The third-order valence-electron chi connectivity index (χ3n) is 14.4. The second kappa shape index (κ2) is 20.0. The average Bonchev–Trinajstić information content (AvgIpc) is 3.38. The van der Waals surface area contributed by atoms with E-state index < -0.39 is 0 Å². The van der Waals surface area contributed by atoms with Crippen molar-refractivity contribution in [1.29, 1.82) is 0 Å². The highest BCUT2D eigenvalue weighted by atomic mass is 35.5. The zero-order valence-corrected chi connectivity index (χ0v) is 34.9. The lowest BCUT2D eigenvalue weighted by Crippen LogP contribution is -2.51. The van der Waals surface area contributed by atoms with Crippen LogP contribution in [0.4, 0.5) is 0 Å². The molecule has 1 amide bonds. The van der Waals surface area contributed by atoms with Crippen LogP contribution in [0.2, 0.25) is 0 Å². The molecule has 0 bridgehead atoms. The maximum absolute atomic E-state index is 13.0. The van der Waals surface area contributed by atoms with Gasteiger partial charge in [-0.15, -0.1) is 24.8 Å². The van der Waals surface area contributed by atoms with E-state index in [1.165, 1.54) is 51.4 Å². The fourth-order valence-electron chi connectivity index (χ4n) is 11.3. The molecule has 0 aromatic heterocycles. The minimum Gasteiger partial charge on any atom is -0.462 e. The molecule has 0 heterocycles. The summed E-state index contributed by atoms with van der Waals surface area (Å²) in [5.74, 6) is 5.75. The first-order valence-corrected chi connectivity index (χ1v) is 20.4. The van der Waals surface area contributed by atoms with Gasteiger partial charge >= 0.3 is 5.97 Å². The Morgan fingerprint density at radius 1 is 0.880 bits per heavy atom. The molecule has 50 heavy (non-hydrogen) atoms. The van der Waals surface area contributed by atoms with Gasteiger partial charge in [0.1, 0.15) is 6.10 Å². The molecular weight excluding hydrogens is 665 g/mol. The first-order valence-electron chi connectivity index (χ1n) is 20.4. The largest absolute Gasteiger partial charge is 0.462 e. The van der Waals surface area contributed by atoms with E-state index in [9.17, 15) is 9.59 Å². The molecule has 3 saturated carbocycles. The number of fused-ring (bicyclic) bond motifs is 5. The molecule has 0 radical (unpaired) electrons. The second-order valence-electron chi connectivity index (χ2n) is 18.1. The summed E-state index contributed by atoms with van der Waals surface area (Å²) in [4.78, 5) is 27.8. The molecule has 4 aliphatic rings. The summed E-state index contributed by atoms with van der Waals surface area (Å²) in [6, 6.07) is 0.0989. The normalized spacial score (nSPS) is 32.5. The average molecular weight is 743 g/mol. The maximum atomic E-state index is 13.0. The lowest BCUT2D eigenvalue weighted by atomic mass is 9.47. The van der Waals surface area contributed by atoms with E-state index in [4.69, 9.17) is 16.2 Å². The highest BCUT2D eigenvalue weighted by molar-refractivity contribution is 5.85. The Hall–Kier alpha value is -0.820. The van der Waals surface area contributed by atoms with E-state index in [1.807, 2.05) is 18.7 Å². The van der Waals surface area contributed by atoms with Crippen LogP contribution in [0.15, 0.2) is 11.6 Å². The number of esters is 1. The number of amides is 1. The molecule has 0 spiro atoms. The van der Waals surface area contributed by atoms with Gasteiger partial charge in [0, 0.05) is 44.4 Å². The lowest BCUT2D eigenvalue weighted by molar-refractivity contribution is -0.151. The molecule has 4 N–H and O–H groups in total. The van der Waals surface area contributed by atoms with Crippen molar-refractivity contribution in [2.45, 2.75) is 176 Å². The van der Waals surface area contributed by atoms with Crippen molar-refractivity contribution in [2.75, 3.05) is 13.1 Å². The highest BCUT2D eigenvalue weighted by Crippen LogP contribution is 2.67. The van der Waals surface area contributed by atoms with Crippen LogP contribution in [0.5, 0.6) is 0 Å². The Bertz CT molecular complexity index is 1090. The molecule has 11 atom stereocenters. The van der Waals surface area contributed by atoms with Crippen molar-refractivity contribution in [3.8, 4) is 0 Å². The van der Waals surface area contributed by atoms with Crippen molar-refractivity contribution >= 4 is 36.7 Å². The number of ether oxygens (including phenoxy) is 1. The van der Waals surface area contributed by atoms with Crippen LogP contribution in [0.3, 0.4) is 0 Å². The molecular formula is C42H77Cl2N3O3. The van der Waals surface area contributed by atoms with Gasteiger partial charge in [0.05, 0.1) is 0 Å². The fraction of sp³-hybridized carbons (Fsp3) is 0.905. The summed E-state index contributed by atoms with van der Waals surface area (Å²) in [7, 11) is 0. The topological polar surface area (TPSA) is 98.7 Å². The third-order valence-corrected chi connectivity index (χ3v) is 14.4. The molecule has 2 unspecified atom stereocenters. The molecule has 6 nitrogen and oxygen atoms in total. The van der Waals surface area contributed by atoms with Crippen LogP contribution < -0.4 is 11.5 Å². The summed E-state index contributed by atoms with van der Waals surface area (Å²) >= 11 is 0. The van der Waals surface area contributed by atoms with E-state index in [2.05, 4.69) is 47.6 Å². The molecule has 8 heteroatoms. The first-order chi connectivity index (χ1) is 22.7. The van der Waals surface area contributed by atoms with Gasteiger partial charge in [-0.3, -0.25) is 9.59 Å². The summed E-state index contributed by atoms with van der Waals surface area (Å²) in [6.45, 7) is 20.2. The van der Waals surface area contributed by atoms with Crippen LogP contribution in [-0.2, 0) is 14.3 Å². The van der Waals surface area contributed by atoms with Crippen molar-refractivity contribution in [1.82, 2.24) is 4.90 Å². The zero-order valence-electron chi connectivity index (χ0n) is 33.2. The molecule has 3 fully saturated rings. The number of halogens is 2. The highest BCUT2D eigenvalue weighted by Gasteiger charge is 2.59. The molecule has 0 aliphatic heterocycles. The summed E-state index contributed by atoms with van der Waals surface area (Å²) in [5.41, 5.74) is 14.2. The SMILES string of the molecule is CC[C@H](CC[C@@H](C)[C@H]1CC[C@H]2[C@@H]3CC=C4C[C@@H](OC(=O)CCCC(=O)N(CCC(C)N)CCC(C)N)CC[C@]4(C)[C@H]3CC[C@]12C)C(C)C.Cl.Cl. The number of hydrogen-bond donors (Lipinski definition) is 2. The minimum absolute atomic E-state index is 0. The van der Waals surface area contributed by atoms with Gasteiger partial charge in [0.2, 0.25) is 5.91 Å². The fourth-order valence-corrected chi connectivity index (χ4v) is 11.3. The van der Waals surface area contributed by atoms with Gasteiger partial charge in [-0.2, -0.15) is 0 Å². The number of hydrogen-bond acceptors (Lipinski definition) is 5. The molecule has 0 aromatic carbocycles. The molecule has 4 aliphatic carbocycles. The van der Waals surface area contributed by atoms with Crippen molar-refractivity contribution in [2.24, 2.45) is 63.7 Å². The Balaban J connectivity index is 0.00000433. The molecule has 0 saturated heterocycles. The van der Waals surface area contributed by atoms with Crippen LogP contribution in [0.25, 0.3) is 0 Å². The Morgan fingerprint density at radius 2 is 1.54 bits per heavy atom. The maximum Gasteiger partial charge on any atom is 0.306 e. The second-order valence-corrected chi connectivity index (χ2v) is 18.1. The summed E-state index contributed by atoms with van der Waals surface area (Å²) in [5, 5.41) is 0. The summed E-state index contributed by atoms with van der Waals surface area (Å²) < 4.78 is 6.07. The summed E-state index contributed by atoms with van der Waals surface area (Å²) in [6.07, 6.45) is 19.2. The number of nitrogens with zero attached hydrogens (tertiary/aromatic N) is 1. The standard InChI is InChI=1S/C42H75N3O3.2ClH/c1-9-32(28(2)3)14-13-29(4)36-17-18-37-35-16-15-33-27-34(19-23-41(33,7)38(35)20-24-42(36,37)8)48-40(47)12-10-11-39(46)45(25-21-30(5)43)26-22-31(6)44;;/h15,28-32,34-38H,9-14,16-27,43-44H2,1-8H3;2*1H/t29-,30?,31?,32-,34+,35+,36-,37+,38+,41+,42-;;/m1../s1. The van der Waals surface area contributed by atoms with Gasteiger partial charge in [0.15, 0.2) is 0 Å². The number of rotatable bonds is 17. The lowest BCUT2D eigenvalue weighted by Gasteiger charge is -2.58. The van der Waals surface area contributed by atoms with Crippen LogP contribution in [-0.4, -0.2) is 48.1 Å². The quantitative estimate of drug-likeness (QED) is 0.114. The van der Waals surface area contributed by atoms with Crippen LogP contribution >= 0.6 is 24.8 Å². The van der Waals surface area contributed by atoms with Gasteiger partial charge in [0.25, 0.3) is 0 Å². The first kappa shape index (κ1) is 45.3. The van der Waals surface area contributed by atoms with E-state index in [1.54, 1.807) is 5.57 Å². The van der Waals surface area contributed by atoms with Crippen molar-refractivity contribution < 1.29 is 14.3 Å². The number of nitrogens with two attached hydrogens (primary N) is 2. The Kier molecular flexibility index (Phi) is 18.2. The number of carbonyl (C=O) groups excluding carboxylic acids is 2. The van der Waals surface area contributed by atoms with E-state index >= 15 is 0 Å². The van der Waals surface area contributed by atoms with Crippen molar-refractivity contribution in [3.63, 3.8) is 0 Å². The molecule has 0 aromatic rings. The monoisotopic (exact) mass is 742 g/mol.